The van der Waals surface area contributed by atoms with Crippen LogP contribution in [0, 0.1) is 0 Å². The second-order valence-electron chi connectivity index (χ2n) is 21.7. The Morgan fingerprint density at radius 2 is 1.24 bits per heavy atom. The van der Waals surface area contributed by atoms with Crippen molar-refractivity contribution in [2.24, 2.45) is 4.99 Å². The van der Waals surface area contributed by atoms with Crippen molar-refractivity contribution in [3.8, 4) is 33.8 Å². The summed E-state index contributed by atoms with van der Waals surface area (Å²) in [7, 11) is 1.86. The lowest BCUT2D eigenvalue weighted by molar-refractivity contribution is -0.441. The molecule has 2 heterocycles. The molecule has 0 saturated carbocycles. The number of aliphatic hydroxyl groups excluding tert-OH is 1. The topological polar surface area (TPSA) is 145 Å². The highest BCUT2D eigenvalue weighted by Crippen LogP contribution is 2.56. The van der Waals surface area contributed by atoms with Crippen molar-refractivity contribution >= 4 is 74.1 Å². The molecule has 80 heavy (non-hydrogen) atoms. The molecule has 8 aromatic rings. The van der Waals surface area contributed by atoms with E-state index in [0.29, 0.717) is 73.1 Å². The number of ether oxygens (including phenoxy) is 2. The van der Waals surface area contributed by atoms with Gasteiger partial charge >= 0.3 is 5.91 Å². The number of hydrogen-bond donors (Lipinski definition) is 4. The molecule has 0 radical (unpaired) electrons. The van der Waals surface area contributed by atoms with Gasteiger partial charge < -0.3 is 35.4 Å². The van der Waals surface area contributed by atoms with E-state index in [1.54, 1.807) is 9.48 Å². The number of aliphatic hydroxyl groups is 1. The summed E-state index contributed by atoms with van der Waals surface area (Å²) in [6.07, 6.45) is 5.58. The van der Waals surface area contributed by atoms with E-state index in [9.17, 15) is 14.7 Å². The Hall–Kier alpha value is -9.03. The number of allylic oxidation sites excluding steroid dienone is 2. The monoisotopic (exact) mass is 1060 g/mol. The van der Waals surface area contributed by atoms with Crippen LogP contribution in [0.15, 0.2) is 156 Å². The highest BCUT2D eigenvalue weighted by molar-refractivity contribution is 6.52. The molecular formula is C68H63N6O6+. The van der Waals surface area contributed by atoms with Gasteiger partial charge in [0.1, 0.15) is 24.0 Å². The van der Waals surface area contributed by atoms with E-state index in [4.69, 9.17) is 14.5 Å². The molecule has 2 spiro atoms. The number of carbonyl (C=O) groups is 3. The fourth-order valence-electron chi connectivity index (χ4n) is 12.9. The molecule has 4 N–H and O–H groups in total. The summed E-state index contributed by atoms with van der Waals surface area (Å²) in [6.45, 7) is 10.3. The molecule has 0 saturated heterocycles. The predicted molar refractivity (Wildman–Crippen MR) is 317 cm³/mol. The van der Waals surface area contributed by atoms with E-state index in [2.05, 4.69) is 96.3 Å². The number of hydrogen-bond acceptors (Lipinski definition) is 10. The molecule has 2 aliphatic heterocycles. The molecule has 400 valence electrons. The first kappa shape index (κ1) is 50.5. The lowest BCUT2D eigenvalue weighted by Crippen LogP contribution is -2.45. The van der Waals surface area contributed by atoms with E-state index in [0.717, 1.165) is 115 Å². The van der Waals surface area contributed by atoms with Crippen LogP contribution in [0.4, 0.5) is 17.1 Å². The third-order valence-electron chi connectivity index (χ3n) is 16.7. The van der Waals surface area contributed by atoms with Crippen LogP contribution in [-0.4, -0.2) is 72.2 Å². The van der Waals surface area contributed by atoms with Crippen LogP contribution in [0.3, 0.4) is 0 Å². The summed E-state index contributed by atoms with van der Waals surface area (Å²) in [5, 5.41) is 29.3. The second kappa shape index (κ2) is 20.0. The number of carbonyl (C=O) groups excluding carboxylic acids is 3. The molecule has 12 heteroatoms. The Kier molecular flexibility index (Phi) is 12.6. The third-order valence-corrected chi connectivity index (χ3v) is 16.7. The molecule has 0 bridgehead atoms. The third kappa shape index (κ3) is 8.05. The minimum Gasteiger partial charge on any atom is -0.506 e. The molecule has 13 rings (SSSR count). The maximum atomic E-state index is 15.4. The highest BCUT2D eigenvalue weighted by Gasteiger charge is 2.49. The Morgan fingerprint density at radius 1 is 0.625 bits per heavy atom. The fourth-order valence-corrected chi connectivity index (χ4v) is 12.9. The van der Waals surface area contributed by atoms with E-state index in [1.165, 1.54) is 0 Å². The standard InChI is InChI=1S/C68H62N6O6/c1-5-35-73(3)57(75)25-11-13-37-79-43-29-33-47-45-19-7-9-21-51(45)67(53(47)39-43)69-55-23-15-17-41-27-31-49(63(71-67)59(41)55)61-65(77)62(66(61)78)50-32-28-42-18-16-24-56-60(42)64(50)72-68(70-56)52-22-10-8-20-46(52)48-34-30-44(40-54(48)68)80-38-14-12-26-58(76)74(4)36-6-2/h7-10,15-24,27-34,39-40H,3,5-6,11-14,25-26,35-38H2,1-2,4H3,(H3-,69,70,71,72,77,78)/p+1. The molecule has 2 atom stereocenters. The number of rotatable bonds is 17. The number of benzene rings is 8. The minimum atomic E-state index is -1.10. The number of unbranched alkanes of at least 4 members (excludes halogenated alkanes) is 2. The van der Waals surface area contributed by atoms with Crippen LogP contribution in [0.1, 0.15) is 93.0 Å². The fraction of sp³-hybridized carbons (Fsp3) is 0.250. The largest absolute Gasteiger partial charge is 0.506 e. The van der Waals surface area contributed by atoms with E-state index in [1.807, 2.05) is 92.8 Å². The van der Waals surface area contributed by atoms with Gasteiger partial charge in [0, 0.05) is 81.6 Å². The van der Waals surface area contributed by atoms with Crippen LogP contribution >= 0.6 is 0 Å². The van der Waals surface area contributed by atoms with Gasteiger partial charge in [-0.05, 0) is 102 Å². The van der Waals surface area contributed by atoms with Gasteiger partial charge in [-0.25, -0.2) is 9.79 Å². The predicted octanol–water partition coefficient (Wildman–Crippen LogP) is 12.0. The van der Waals surface area contributed by atoms with Gasteiger partial charge in [0.15, 0.2) is 17.9 Å². The molecule has 0 aromatic heterocycles. The van der Waals surface area contributed by atoms with Crippen molar-refractivity contribution < 1.29 is 33.5 Å². The molecular weight excluding hydrogens is 997 g/mol. The first-order valence-electron chi connectivity index (χ1n) is 28.2. The Morgan fingerprint density at radius 3 is 1.95 bits per heavy atom. The van der Waals surface area contributed by atoms with Crippen molar-refractivity contribution in [1.82, 2.24) is 4.90 Å². The lowest BCUT2D eigenvalue weighted by atomic mass is 9.79. The van der Waals surface area contributed by atoms with Crippen LogP contribution in [0.2, 0.25) is 0 Å². The summed E-state index contributed by atoms with van der Waals surface area (Å²) in [5.41, 5.74) is 9.47. The lowest BCUT2D eigenvalue weighted by Gasteiger charge is -2.41. The van der Waals surface area contributed by atoms with E-state index in [-0.39, 0.29) is 34.5 Å². The van der Waals surface area contributed by atoms with Crippen LogP contribution in [0.25, 0.3) is 54.9 Å². The average Bonchev–Trinajstić information content (AvgIpc) is 3.96. The summed E-state index contributed by atoms with van der Waals surface area (Å²) in [4.78, 5) is 48.1. The number of nitrogens with zero attached hydrogens (tertiary/aromatic N) is 3. The van der Waals surface area contributed by atoms with Crippen LogP contribution in [0.5, 0.6) is 11.5 Å². The molecule has 2 unspecified atom stereocenters. The molecule has 3 aliphatic carbocycles. The Labute approximate surface area is 464 Å². The van der Waals surface area contributed by atoms with Crippen molar-refractivity contribution in [3.05, 3.63) is 190 Å². The number of amides is 2. The minimum absolute atomic E-state index is 0.0403. The van der Waals surface area contributed by atoms with Crippen molar-refractivity contribution in [3.63, 3.8) is 0 Å². The molecule has 5 aliphatic rings. The van der Waals surface area contributed by atoms with Crippen LogP contribution in [-0.2, 0) is 25.7 Å². The van der Waals surface area contributed by atoms with Crippen molar-refractivity contribution in [1.29, 1.82) is 0 Å². The maximum absolute atomic E-state index is 15.4. The summed E-state index contributed by atoms with van der Waals surface area (Å²) < 4.78 is 14.4. The first-order valence-corrected chi connectivity index (χ1v) is 28.2. The summed E-state index contributed by atoms with van der Waals surface area (Å²) in [5.74, 6) is 1.23. The zero-order valence-electron chi connectivity index (χ0n) is 45.4. The average molecular weight is 1060 g/mol. The zero-order chi connectivity index (χ0) is 54.9. The normalized spacial score (nSPS) is 18.1. The van der Waals surface area contributed by atoms with Gasteiger partial charge in [0.05, 0.1) is 41.8 Å². The van der Waals surface area contributed by atoms with Gasteiger partial charge in [0.2, 0.25) is 11.7 Å². The van der Waals surface area contributed by atoms with Gasteiger partial charge in [-0.1, -0.05) is 123 Å². The summed E-state index contributed by atoms with van der Waals surface area (Å²) in [6, 6.07) is 49.1. The first-order chi connectivity index (χ1) is 39.0. The highest BCUT2D eigenvalue weighted by atomic mass is 16.5. The maximum Gasteiger partial charge on any atom is 0.386 e. The van der Waals surface area contributed by atoms with Gasteiger partial charge in [-0.3, -0.25) is 9.59 Å². The van der Waals surface area contributed by atoms with E-state index < -0.39 is 11.3 Å². The number of fused-ring (bicyclic) bond motifs is 10. The SMILES string of the molecule is C=[N+](CCC)C(=O)CCCCOc1ccc2c(c1)C1(N=c3/c(=C4/C(=O)C(c5ccc6cccc7c6c5NC5(N7)c6ccccc6-c6ccc(OCCCCC(=O)N(C)CCC)cc65)=C4O)ccc4cccc(c34)N1)c1ccccc1-2. The quantitative estimate of drug-likeness (QED) is 0.0398. The van der Waals surface area contributed by atoms with Gasteiger partial charge in [0.25, 0.3) is 0 Å². The van der Waals surface area contributed by atoms with Crippen LogP contribution < -0.4 is 36.0 Å². The second-order valence-corrected chi connectivity index (χ2v) is 21.7. The van der Waals surface area contributed by atoms with E-state index >= 15 is 4.79 Å². The van der Waals surface area contributed by atoms with Gasteiger partial charge in [-0.2, -0.15) is 4.58 Å². The molecule has 12 nitrogen and oxygen atoms in total. The zero-order valence-corrected chi connectivity index (χ0v) is 45.4. The molecule has 2 amide bonds. The van der Waals surface area contributed by atoms with Crippen molar-refractivity contribution in [2.45, 2.75) is 76.5 Å². The molecule has 8 aromatic carbocycles. The Balaban J connectivity index is 0.880. The summed E-state index contributed by atoms with van der Waals surface area (Å²) >= 11 is 0. The number of nitrogens with one attached hydrogen (secondary N) is 3. The molecule has 0 fully saturated rings. The Bertz CT molecular complexity index is 4130. The van der Waals surface area contributed by atoms with Gasteiger partial charge in [-0.15, -0.1) is 0 Å². The van der Waals surface area contributed by atoms with Crippen molar-refractivity contribution in [2.75, 3.05) is 49.3 Å². The number of ketones is 1. The number of Topliss-reactive ketones (excluding diaryl/α,β-unsaturated/α-hetero) is 1. The number of anilines is 3. The smallest absolute Gasteiger partial charge is 0.386 e.